The van der Waals surface area contributed by atoms with E-state index in [0.29, 0.717) is 19.3 Å². The number of phosphoric acid groups is 3. The van der Waals surface area contributed by atoms with Gasteiger partial charge in [-0.25, -0.2) is 13.7 Å². The van der Waals surface area contributed by atoms with Gasteiger partial charge in [0, 0.05) is 19.3 Å². The number of unbranched alkanes of at least 4 members (excludes halogenated alkanes) is 3. The first kappa shape index (κ1) is 38.8. The predicted octanol–water partition coefficient (Wildman–Crippen LogP) is 1.74. The first-order valence-electron chi connectivity index (χ1n) is 13.1. The Morgan fingerprint density at radius 1 is 0.476 bits per heavy atom. The Hall–Kier alpha value is -1.26. The molecular weight excluding hydrogens is 633 g/mol. The van der Waals surface area contributed by atoms with Crippen LogP contribution in [0.25, 0.3) is 0 Å². The zero-order valence-electron chi connectivity index (χ0n) is 23.3. The van der Waals surface area contributed by atoms with Crippen LogP contribution in [0.15, 0.2) is 0 Å². The highest BCUT2D eigenvalue weighted by Crippen LogP contribution is 2.51. The molecule has 0 radical (unpaired) electrons. The van der Waals surface area contributed by atoms with Crippen molar-refractivity contribution in [3.8, 4) is 0 Å². The molecule has 1 aliphatic rings. The second-order valence-corrected chi connectivity index (χ2v) is 12.9. The minimum atomic E-state index is -5.71. The van der Waals surface area contributed by atoms with Crippen LogP contribution < -0.4 is 0 Å². The molecular formula is C21H39O18P3. The first-order chi connectivity index (χ1) is 19.3. The molecule has 6 N–H and O–H groups in total. The Kier molecular flexibility index (Phi) is 16.0. The van der Waals surface area contributed by atoms with E-state index >= 15 is 0 Å². The highest BCUT2D eigenvalue weighted by Gasteiger charge is 2.62. The van der Waals surface area contributed by atoms with Crippen LogP contribution in [-0.4, -0.2) is 83.9 Å². The van der Waals surface area contributed by atoms with Gasteiger partial charge in [-0.2, -0.15) is 0 Å². The first-order valence-corrected chi connectivity index (χ1v) is 17.7. The molecule has 18 nitrogen and oxygen atoms in total. The molecule has 0 amide bonds. The van der Waals surface area contributed by atoms with Gasteiger partial charge in [0.2, 0.25) is 0 Å². The maximum Gasteiger partial charge on any atom is 0.470 e. The average molecular weight is 672 g/mol. The normalized spacial score (nSPS) is 25.1. The molecule has 0 aliphatic heterocycles. The summed E-state index contributed by atoms with van der Waals surface area (Å²) >= 11 is 0. The van der Waals surface area contributed by atoms with Gasteiger partial charge in [0.05, 0.1) is 0 Å². The van der Waals surface area contributed by atoms with Crippen LogP contribution >= 0.6 is 23.5 Å². The van der Waals surface area contributed by atoms with Crippen molar-refractivity contribution in [3.63, 3.8) is 0 Å². The van der Waals surface area contributed by atoms with Crippen molar-refractivity contribution in [3.05, 3.63) is 0 Å². The van der Waals surface area contributed by atoms with Crippen molar-refractivity contribution >= 4 is 41.4 Å². The predicted molar refractivity (Wildman–Crippen MR) is 139 cm³/mol. The van der Waals surface area contributed by atoms with Gasteiger partial charge in [0.25, 0.3) is 0 Å². The average Bonchev–Trinajstić information content (AvgIpc) is 2.84. The third kappa shape index (κ3) is 14.5. The van der Waals surface area contributed by atoms with Crippen molar-refractivity contribution in [2.24, 2.45) is 0 Å². The van der Waals surface area contributed by atoms with Crippen LogP contribution in [0.3, 0.4) is 0 Å². The molecule has 1 fully saturated rings. The standard InChI is InChI=1S/C21H39O18P3/c1-4-7-10-13(22)34-16-17(35-14(23)11-8-5-2)19(37-40(25,26)27)21(39-42(31,32)33)20(38-41(28,29)30)18(16)36-15(24)12-9-6-3/h16-21H,4-12H2,1-3H3,(H2,25,26,27)(H2,28,29,30)(H2,31,32,33)/t16?,17-,18+,19-,20-,21?/m0/s1. The van der Waals surface area contributed by atoms with E-state index in [4.69, 9.17) is 14.2 Å². The van der Waals surface area contributed by atoms with Crippen LogP contribution in [0.4, 0.5) is 0 Å². The van der Waals surface area contributed by atoms with E-state index in [1.165, 1.54) is 0 Å². The quantitative estimate of drug-likeness (QED) is 0.0687. The van der Waals surface area contributed by atoms with Crippen LogP contribution in [-0.2, 0) is 55.9 Å². The van der Waals surface area contributed by atoms with Crippen molar-refractivity contribution in [1.29, 1.82) is 0 Å². The summed E-state index contributed by atoms with van der Waals surface area (Å²) in [4.78, 5) is 95.6. The molecule has 246 valence electrons. The van der Waals surface area contributed by atoms with E-state index in [-0.39, 0.29) is 38.5 Å². The molecule has 42 heavy (non-hydrogen) atoms. The highest BCUT2D eigenvalue weighted by molar-refractivity contribution is 7.47. The van der Waals surface area contributed by atoms with Gasteiger partial charge in [-0.15, -0.1) is 0 Å². The van der Waals surface area contributed by atoms with Crippen LogP contribution in [0.1, 0.15) is 78.6 Å². The lowest BCUT2D eigenvalue weighted by molar-refractivity contribution is -0.241. The second kappa shape index (κ2) is 17.3. The second-order valence-electron chi connectivity index (χ2n) is 9.36. The van der Waals surface area contributed by atoms with Gasteiger partial charge in [-0.3, -0.25) is 28.0 Å². The number of rotatable bonds is 18. The van der Waals surface area contributed by atoms with Gasteiger partial charge in [0.1, 0.15) is 18.3 Å². The number of hydrogen-bond acceptors (Lipinski definition) is 12. The number of phosphoric ester groups is 3. The molecule has 0 bridgehead atoms. The smallest absolute Gasteiger partial charge is 0.455 e. The molecule has 0 heterocycles. The van der Waals surface area contributed by atoms with Gasteiger partial charge in [-0.05, 0) is 19.3 Å². The summed E-state index contributed by atoms with van der Waals surface area (Å²) in [7, 11) is -17.1. The molecule has 1 saturated carbocycles. The lowest BCUT2D eigenvalue weighted by atomic mass is 9.84. The fourth-order valence-electron chi connectivity index (χ4n) is 3.96. The molecule has 21 heteroatoms. The highest BCUT2D eigenvalue weighted by atomic mass is 31.2. The SMILES string of the molecule is CCCCC(=O)OC1[C@@H](OC(=O)CCCC)[C@H](OP(=O)(O)O)C(OP(=O)(O)O)[C@@H](OP(=O)(O)O)[C@H]1OC(=O)CCCC. The van der Waals surface area contributed by atoms with E-state index in [2.05, 4.69) is 13.6 Å². The molecule has 0 aromatic heterocycles. The number of esters is 3. The maximum atomic E-state index is 12.7. The Morgan fingerprint density at radius 3 is 0.905 bits per heavy atom. The minimum absolute atomic E-state index is 0.254. The van der Waals surface area contributed by atoms with Gasteiger partial charge >= 0.3 is 41.4 Å². The molecule has 0 saturated heterocycles. The van der Waals surface area contributed by atoms with Gasteiger partial charge in [-0.1, -0.05) is 40.0 Å². The molecule has 2 unspecified atom stereocenters. The minimum Gasteiger partial charge on any atom is -0.455 e. The summed E-state index contributed by atoms with van der Waals surface area (Å²) in [6.45, 7) is 5.19. The molecule has 0 aromatic carbocycles. The zero-order chi connectivity index (χ0) is 32.3. The summed E-state index contributed by atoms with van der Waals surface area (Å²) < 4.78 is 65.8. The van der Waals surface area contributed by atoms with E-state index in [0.717, 1.165) is 0 Å². The Bertz CT molecular complexity index is 975. The van der Waals surface area contributed by atoms with Crippen molar-refractivity contribution < 1.29 is 85.2 Å². The maximum absolute atomic E-state index is 12.7. The molecule has 1 rings (SSSR count). The van der Waals surface area contributed by atoms with Crippen LogP contribution in [0.5, 0.6) is 0 Å². The van der Waals surface area contributed by atoms with E-state index < -0.39 is 78.0 Å². The van der Waals surface area contributed by atoms with Crippen molar-refractivity contribution in [2.75, 3.05) is 0 Å². The number of ether oxygens (including phenoxy) is 3. The summed E-state index contributed by atoms with van der Waals surface area (Å²) in [6.07, 6.45) is -12.5. The molecule has 1 aliphatic carbocycles. The van der Waals surface area contributed by atoms with Crippen LogP contribution in [0.2, 0.25) is 0 Å². The van der Waals surface area contributed by atoms with Crippen molar-refractivity contribution in [1.82, 2.24) is 0 Å². The fraction of sp³-hybridized carbons (Fsp3) is 0.857. The Labute approximate surface area is 242 Å². The van der Waals surface area contributed by atoms with E-state index in [1.807, 2.05) is 0 Å². The summed E-state index contributed by atoms with van der Waals surface area (Å²) in [5.74, 6) is -3.10. The fourth-order valence-corrected chi connectivity index (χ4v) is 5.63. The zero-order valence-corrected chi connectivity index (χ0v) is 25.9. The van der Waals surface area contributed by atoms with Gasteiger partial charge in [0.15, 0.2) is 18.3 Å². The molecule has 0 spiro atoms. The number of carbonyl (C=O) groups excluding carboxylic acids is 3. The summed E-state index contributed by atoms with van der Waals surface area (Å²) in [5.41, 5.74) is 0. The molecule has 6 atom stereocenters. The van der Waals surface area contributed by atoms with Gasteiger partial charge < -0.3 is 43.6 Å². The lowest BCUT2D eigenvalue weighted by Gasteiger charge is -2.47. The van der Waals surface area contributed by atoms with E-state index in [9.17, 15) is 57.4 Å². The summed E-state index contributed by atoms with van der Waals surface area (Å²) in [5, 5.41) is 0. The third-order valence-electron chi connectivity index (χ3n) is 5.73. The number of carbonyl (C=O) groups is 3. The summed E-state index contributed by atoms with van der Waals surface area (Å²) in [6, 6.07) is 0. The Balaban J connectivity index is 3.93. The van der Waals surface area contributed by atoms with E-state index in [1.54, 1.807) is 20.8 Å². The van der Waals surface area contributed by atoms with Crippen molar-refractivity contribution in [2.45, 2.75) is 115 Å². The molecule has 0 aromatic rings. The third-order valence-corrected chi connectivity index (χ3v) is 7.28. The lowest BCUT2D eigenvalue weighted by Crippen LogP contribution is -2.67. The Morgan fingerprint density at radius 2 is 0.690 bits per heavy atom. The van der Waals surface area contributed by atoms with Crippen LogP contribution in [0, 0.1) is 0 Å². The largest absolute Gasteiger partial charge is 0.470 e. The number of hydrogen-bond donors (Lipinski definition) is 6. The topological polar surface area (TPSA) is 279 Å². The monoisotopic (exact) mass is 672 g/mol.